The number of unbranched alkanes of at least 4 members (excludes halogenated alkanes) is 3. The van der Waals surface area contributed by atoms with E-state index in [9.17, 15) is 0 Å². The van der Waals surface area contributed by atoms with Crippen molar-refractivity contribution in [1.29, 1.82) is 0 Å². The maximum absolute atomic E-state index is 2.53. The molecule has 0 aliphatic carbocycles. The fourth-order valence-electron chi connectivity index (χ4n) is 4.51. The molecule has 3 aromatic rings. The van der Waals surface area contributed by atoms with Crippen molar-refractivity contribution in [2.45, 2.75) is 66.0 Å². The van der Waals surface area contributed by atoms with Crippen LogP contribution in [0, 0.1) is 13.8 Å². The number of rotatable bonds is 6. The van der Waals surface area contributed by atoms with Crippen LogP contribution in [0.15, 0.2) is 60.7 Å². The van der Waals surface area contributed by atoms with Crippen LogP contribution in [0.2, 0.25) is 0 Å². The molecule has 0 bridgehead atoms. The van der Waals surface area contributed by atoms with Crippen molar-refractivity contribution >= 4 is 5.69 Å². The molecule has 3 aromatic carbocycles. The number of anilines is 1. The Labute approximate surface area is 176 Å². The molecule has 0 saturated heterocycles. The Hall–Kier alpha value is -2.54. The zero-order valence-electron chi connectivity index (χ0n) is 18.2. The Morgan fingerprint density at radius 1 is 0.690 bits per heavy atom. The normalized spacial score (nSPS) is 13.0. The quantitative estimate of drug-likeness (QED) is 0.396. The predicted molar refractivity (Wildman–Crippen MR) is 126 cm³/mol. The summed E-state index contributed by atoms with van der Waals surface area (Å²) in [5, 5.41) is 0. The second kappa shape index (κ2) is 8.86. The van der Waals surface area contributed by atoms with E-state index in [0.29, 0.717) is 0 Å². The van der Waals surface area contributed by atoms with Gasteiger partial charge >= 0.3 is 0 Å². The minimum absolute atomic E-state index is 0.959. The lowest BCUT2D eigenvalue weighted by molar-refractivity contribution is 0.667. The monoisotopic (exact) mass is 383 g/mol. The molecule has 1 heteroatoms. The van der Waals surface area contributed by atoms with E-state index in [2.05, 4.69) is 86.3 Å². The van der Waals surface area contributed by atoms with Gasteiger partial charge in [0.25, 0.3) is 0 Å². The Balaban J connectivity index is 1.61. The lowest BCUT2D eigenvalue weighted by Gasteiger charge is -2.24. The first-order chi connectivity index (χ1) is 14.1. The van der Waals surface area contributed by atoms with Gasteiger partial charge in [-0.1, -0.05) is 85.8 Å². The third-order valence-electron chi connectivity index (χ3n) is 6.15. The van der Waals surface area contributed by atoms with Crippen molar-refractivity contribution in [3.8, 4) is 11.1 Å². The molecule has 0 saturated carbocycles. The second-order valence-corrected chi connectivity index (χ2v) is 8.65. The first-order valence-electron chi connectivity index (χ1n) is 11.2. The van der Waals surface area contributed by atoms with E-state index >= 15 is 0 Å². The molecule has 0 radical (unpaired) electrons. The molecule has 1 nitrogen and oxygen atoms in total. The van der Waals surface area contributed by atoms with Gasteiger partial charge in [-0.15, -0.1) is 0 Å². The third kappa shape index (κ3) is 4.56. The zero-order chi connectivity index (χ0) is 20.2. The molecule has 0 N–H and O–H groups in total. The standard InChI is InChI=1S/C28H33N/c1-4-5-6-7-8-23-11-13-26(14-12-23)29-19-24-17-21(2)9-15-27(24)28-16-10-22(3)18-25(28)20-29/h9-18H,4-8,19-20H2,1-3H3. The largest absolute Gasteiger partial charge is 0.363 e. The Morgan fingerprint density at radius 3 is 1.83 bits per heavy atom. The van der Waals surface area contributed by atoms with Crippen LogP contribution in [-0.2, 0) is 19.5 Å². The molecule has 0 unspecified atom stereocenters. The number of benzene rings is 3. The average Bonchev–Trinajstić information content (AvgIpc) is 2.87. The number of hydrogen-bond donors (Lipinski definition) is 0. The third-order valence-corrected chi connectivity index (χ3v) is 6.15. The minimum Gasteiger partial charge on any atom is -0.363 e. The maximum atomic E-state index is 2.53. The predicted octanol–water partition coefficient (Wildman–Crippen LogP) is 7.61. The average molecular weight is 384 g/mol. The highest BCUT2D eigenvalue weighted by molar-refractivity contribution is 5.74. The SMILES string of the molecule is CCCCCCc1ccc(N2Cc3cc(C)ccc3-c3ccc(C)cc3C2)cc1. The summed E-state index contributed by atoms with van der Waals surface area (Å²) in [7, 11) is 0. The molecule has 1 aliphatic rings. The molecule has 0 atom stereocenters. The van der Waals surface area contributed by atoms with Gasteiger partial charge in [0, 0.05) is 18.8 Å². The number of hydrogen-bond acceptors (Lipinski definition) is 1. The summed E-state index contributed by atoms with van der Waals surface area (Å²) in [4.78, 5) is 2.53. The van der Waals surface area contributed by atoms with E-state index in [1.807, 2.05) is 0 Å². The summed E-state index contributed by atoms with van der Waals surface area (Å²) in [5.41, 5.74) is 11.1. The van der Waals surface area contributed by atoms with Crippen LogP contribution in [0.5, 0.6) is 0 Å². The summed E-state index contributed by atoms with van der Waals surface area (Å²) in [6.45, 7) is 8.58. The molecular formula is C28H33N. The van der Waals surface area contributed by atoms with Gasteiger partial charge in [0.2, 0.25) is 0 Å². The molecule has 0 amide bonds. The van der Waals surface area contributed by atoms with Crippen LogP contribution in [-0.4, -0.2) is 0 Å². The van der Waals surface area contributed by atoms with Crippen LogP contribution in [0.3, 0.4) is 0 Å². The molecule has 1 heterocycles. The maximum Gasteiger partial charge on any atom is 0.0439 e. The summed E-state index contributed by atoms with van der Waals surface area (Å²) in [5.74, 6) is 0. The number of fused-ring (bicyclic) bond motifs is 3. The smallest absolute Gasteiger partial charge is 0.0439 e. The van der Waals surface area contributed by atoms with Crippen molar-refractivity contribution in [3.05, 3.63) is 88.5 Å². The molecule has 1 aliphatic heterocycles. The summed E-state index contributed by atoms with van der Waals surface area (Å²) in [6.07, 6.45) is 6.50. The summed E-state index contributed by atoms with van der Waals surface area (Å²) >= 11 is 0. The Morgan fingerprint density at radius 2 is 1.28 bits per heavy atom. The van der Waals surface area contributed by atoms with E-state index in [1.54, 1.807) is 0 Å². The highest BCUT2D eigenvalue weighted by Crippen LogP contribution is 2.35. The fraction of sp³-hybridized carbons (Fsp3) is 0.357. The van der Waals surface area contributed by atoms with Gasteiger partial charge in [-0.05, 0) is 66.6 Å². The van der Waals surface area contributed by atoms with Crippen LogP contribution >= 0.6 is 0 Å². The van der Waals surface area contributed by atoms with Gasteiger partial charge in [-0.3, -0.25) is 0 Å². The van der Waals surface area contributed by atoms with Crippen LogP contribution in [0.25, 0.3) is 11.1 Å². The van der Waals surface area contributed by atoms with E-state index in [4.69, 9.17) is 0 Å². The van der Waals surface area contributed by atoms with Gasteiger partial charge in [-0.2, -0.15) is 0 Å². The Bertz CT molecular complexity index is 915. The highest BCUT2D eigenvalue weighted by atomic mass is 15.1. The minimum atomic E-state index is 0.959. The topological polar surface area (TPSA) is 3.24 Å². The summed E-state index contributed by atoms with van der Waals surface area (Å²) in [6, 6.07) is 23.1. The summed E-state index contributed by atoms with van der Waals surface area (Å²) < 4.78 is 0. The van der Waals surface area contributed by atoms with Gasteiger partial charge in [0.1, 0.15) is 0 Å². The molecular weight excluding hydrogens is 350 g/mol. The lowest BCUT2D eigenvalue weighted by atomic mass is 9.94. The number of nitrogens with zero attached hydrogens (tertiary/aromatic N) is 1. The lowest BCUT2D eigenvalue weighted by Crippen LogP contribution is -2.21. The van der Waals surface area contributed by atoms with E-state index < -0.39 is 0 Å². The van der Waals surface area contributed by atoms with Crippen LogP contribution < -0.4 is 4.90 Å². The molecule has 4 rings (SSSR count). The van der Waals surface area contributed by atoms with Gasteiger partial charge in [0.15, 0.2) is 0 Å². The molecule has 0 spiro atoms. The van der Waals surface area contributed by atoms with Crippen molar-refractivity contribution in [3.63, 3.8) is 0 Å². The molecule has 0 aromatic heterocycles. The van der Waals surface area contributed by atoms with E-state index in [1.165, 1.54) is 76.7 Å². The van der Waals surface area contributed by atoms with Crippen molar-refractivity contribution in [1.82, 2.24) is 0 Å². The van der Waals surface area contributed by atoms with Crippen molar-refractivity contribution in [2.24, 2.45) is 0 Å². The van der Waals surface area contributed by atoms with Gasteiger partial charge in [-0.25, -0.2) is 0 Å². The van der Waals surface area contributed by atoms with Crippen LogP contribution in [0.1, 0.15) is 60.4 Å². The second-order valence-electron chi connectivity index (χ2n) is 8.65. The zero-order valence-corrected chi connectivity index (χ0v) is 18.2. The first-order valence-corrected chi connectivity index (χ1v) is 11.2. The molecule has 150 valence electrons. The van der Waals surface area contributed by atoms with Crippen molar-refractivity contribution in [2.75, 3.05) is 4.90 Å². The fourth-order valence-corrected chi connectivity index (χ4v) is 4.51. The molecule has 0 fully saturated rings. The van der Waals surface area contributed by atoms with Gasteiger partial charge in [0.05, 0.1) is 0 Å². The number of aryl methyl sites for hydroxylation is 3. The van der Waals surface area contributed by atoms with Crippen molar-refractivity contribution < 1.29 is 0 Å². The molecule has 29 heavy (non-hydrogen) atoms. The van der Waals surface area contributed by atoms with Crippen LogP contribution in [0.4, 0.5) is 5.69 Å². The Kier molecular flexibility index (Phi) is 6.04. The highest BCUT2D eigenvalue weighted by Gasteiger charge is 2.20. The van der Waals surface area contributed by atoms with Gasteiger partial charge < -0.3 is 4.90 Å². The van der Waals surface area contributed by atoms with E-state index in [-0.39, 0.29) is 0 Å². The van der Waals surface area contributed by atoms with E-state index in [0.717, 1.165) is 13.1 Å². The first kappa shape index (κ1) is 19.8.